The summed E-state index contributed by atoms with van der Waals surface area (Å²) in [5, 5.41) is 20.7. The molecule has 1 fully saturated rings. The van der Waals surface area contributed by atoms with Crippen molar-refractivity contribution in [2.24, 2.45) is 0 Å². The summed E-state index contributed by atoms with van der Waals surface area (Å²) in [6.07, 6.45) is 0.828. The lowest BCUT2D eigenvalue weighted by atomic mass is 9.75. The number of amides is 1. The molecule has 116 valence electrons. The van der Waals surface area contributed by atoms with Gasteiger partial charge >= 0.3 is 5.92 Å². The Hall–Kier alpha value is -1.53. The molecule has 0 atom stereocenters. The molecule has 1 aliphatic rings. The molecule has 1 aromatic carbocycles. The Morgan fingerprint density at radius 1 is 1.24 bits per heavy atom. The van der Waals surface area contributed by atoms with Gasteiger partial charge in [-0.05, 0) is 36.8 Å². The quantitative estimate of drug-likeness (QED) is 0.743. The normalized spacial score (nSPS) is 17.1. The maximum Gasteiger partial charge on any atom is 0.352 e. The van der Waals surface area contributed by atoms with Crippen LogP contribution in [-0.2, 0) is 17.8 Å². The molecule has 0 unspecified atom stereocenters. The van der Waals surface area contributed by atoms with Gasteiger partial charge in [0, 0.05) is 6.54 Å². The summed E-state index contributed by atoms with van der Waals surface area (Å²) >= 11 is 0. The van der Waals surface area contributed by atoms with E-state index in [0.29, 0.717) is 12.8 Å². The first-order valence-corrected chi connectivity index (χ1v) is 6.96. The lowest BCUT2D eigenvalue weighted by molar-refractivity contribution is -0.215. The number of benzene rings is 1. The van der Waals surface area contributed by atoms with Crippen molar-refractivity contribution >= 4 is 5.91 Å². The zero-order valence-corrected chi connectivity index (χ0v) is 11.6. The second kappa shape index (κ2) is 6.07. The topological polar surface area (TPSA) is 69.6 Å². The van der Waals surface area contributed by atoms with E-state index < -0.39 is 17.4 Å². The number of carbonyl (C=O) groups excluding carboxylic acids is 1. The van der Waals surface area contributed by atoms with E-state index in [1.807, 2.05) is 0 Å². The Bertz CT molecular complexity index is 498. The molecule has 1 amide bonds. The number of hydrogen-bond donors (Lipinski definition) is 3. The molecule has 4 nitrogen and oxygen atoms in total. The summed E-state index contributed by atoms with van der Waals surface area (Å²) in [7, 11) is 0. The summed E-state index contributed by atoms with van der Waals surface area (Å²) in [4.78, 5) is 11.5. The van der Waals surface area contributed by atoms with Crippen LogP contribution in [0.2, 0.25) is 0 Å². The van der Waals surface area contributed by atoms with E-state index in [0.717, 1.165) is 11.1 Å². The lowest BCUT2D eigenvalue weighted by Crippen LogP contribution is -2.60. The third-order valence-electron chi connectivity index (χ3n) is 3.96. The molecule has 3 N–H and O–H groups in total. The summed E-state index contributed by atoms with van der Waals surface area (Å²) in [6, 6.07) is 7.02. The van der Waals surface area contributed by atoms with E-state index >= 15 is 0 Å². The summed E-state index contributed by atoms with van der Waals surface area (Å²) < 4.78 is 27.6. The average molecular weight is 299 g/mol. The molecule has 0 bridgehead atoms. The highest BCUT2D eigenvalue weighted by atomic mass is 19.3. The van der Waals surface area contributed by atoms with Gasteiger partial charge in [0.05, 0.1) is 6.61 Å². The SMILES string of the molecule is O=C(NCCc1ccc(CO)cc1)C(F)(F)C1(O)CCC1. The van der Waals surface area contributed by atoms with Gasteiger partial charge in [-0.2, -0.15) is 8.78 Å². The fourth-order valence-corrected chi connectivity index (χ4v) is 2.28. The molecule has 0 radical (unpaired) electrons. The fraction of sp³-hybridized carbons (Fsp3) is 0.533. The molecule has 1 aromatic rings. The van der Waals surface area contributed by atoms with Crippen molar-refractivity contribution < 1.29 is 23.8 Å². The van der Waals surface area contributed by atoms with Crippen LogP contribution in [0.15, 0.2) is 24.3 Å². The monoisotopic (exact) mass is 299 g/mol. The second-order valence-electron chi connectivity index (χ2n) is 5.44. The van der Waals surface area contributed by atoms with Crippen LogP contribution < -0.4 is 5.32 Å². The Morgan fingerprint density at radius 3 is 2.29 bits per heavy atom. The van der Waals surface area contributed by atoms with Crippen LogP contribution in [0.5, 0.6) is 0 Å². The maximum absolute atomic E-state index is 13.8. The molecule has 1 aliphatic carbocycles. The number of aliphatic hydroxyl groups excluding tert-OH is 1. The standard InChI is InChI=1S/C15H19F2NO3/c16-15(17,14(21)7-1-8-14)13(20)18-9-6-11-2-4-12(10-19)5-3-11/h2-5,19,21H,1,6-10H2,(H,18,20). The average Bonchev–Trinajstić information content (AvgIpc) is 2.45. The molecule has 0 aliphatic heterocycles. The minimum atomic E-state index is -3.74. The molecule has 6 heteroatoms. The van der Waals surface area contributed by atoms with E-state index in [2.05, 4.69) is 5.32 Å². The first-order chi connectivity index (χ1) is 9.89. The van der Waals surface area contributed by atoms with Crippen molar-refractivity contribution in [2.45, 2.75) is 43.8 Å². The molecule has 0 spiro atoms. The van der Waals surface area contributed by atoms with Crippen molar-refractivity contribution in [1.82, 2.24) is 5.32 Å². The number of carbonyl (C=O) groups is 1. The highest BCUT2D eigenvalue weighted by Gasteiger charge is 2.60. The van der Waals surface area contributed by atoms with Gasteiger partial charge in [-0.1, -0.05) is 24.3 Å². The highest BCUT2D eigenvalue weighted by molar-refractivity contribution is 5.85. The fourth-order valence-electron chi connectivity index (χ4n) is 2.28. The van der Waals surface area contributed by atoms with Gasteiger partial charge in [-0.15, -0.1) is 0 Å². The number of rotatable bonds is 6. The Morgan fingerprint density at radius 2 is 1.81 bits per heavy atom. The zero-order chi connectivity index (χ0) is 15.5. The van der Waals surface area contributed by atoms with Crippen LogP contribution in [0, 0.1) is 0 Å². The van der Waals surface area contributed by atoms with Crippen molar-refractivity contribution in [3.8, 4) is 0 Å². The van der Waals surface area contributed by atoms with Crippen molar-refractivity contribution in [3.63, 3.8) is 0 Å². The van der Waals surface area contributed by atoms with Crippen LogP contribution in [0.25, 0.3) is 0 Å². The van der Waals surface area contributed by atoms with E-state index in [1.165, 1.54) is 0 Å². The summed E-state index contributed by atoms with van der Waals surface area (Å²) in [5.41, 5.74) is -0.542. The third kappa shape index (κ3) is 3.22. The number of aliphatic hydroxyl groups is 2. The minimum absolute atomic E-state index is 0.0456. The zero-order valence-electron chi connectivity index (χ0n) is 11.6. The third-order valence-corrected chi connectivity index (χ3v) is 3.96. The van der Waals surface area contributed by atoms with Crippen molar-refractivity contribution in [1.29, 1.82) is 0 Å². The number of hydrogen-bond acceptors (Lipinski definition) is 3. The molecule has 0 saturated heterocycles. The predicted molar refractivity (Wildman–Crippen MR) is 72.8 cm³/mol. The van der Waals surface area contributed by atoms with Gasteiger partial charge < -0.3 is 15.5 Å². The molecule has 0 aromatic heterocycles. The molecule has 2 rings (SSSR count). The molecular formula is C15H19F2NO3. The predicted octanol–water partition coefficient (Wildman–Crippen LogP) is 1.39. The Kier molecular flexibility index (Phi) is 4.58. The summed E-state index contributed by atoms with van der Waals surface area (Å²) in [6.45, 7) is 0.0186. The number of nitrogens with one attached hydrogen (secondary N) is 1. The highest BCUT2D eigenvalue weighted by Crippen LogP contribution is 2.44. The van der Waals surface area contributed by atoms with E-state index in [9.17, 15) is 18.7 Å². The van der Waals surface area contributed by atoms with Gasteiger partial charge in [0.15, 0.2) is 0 Å². The van der Waals surface area contributed by atoms with Crippen LogP contribution in [0.3, 0.4) is 0 Å². The van der Waals surface area contributed by atoms with Gasteiger partial charge in [0.25, 0.3) is 5.91 Å². The maximum atomic E-state index is 13.8. The van der Waals surface area contributed by atoms with Crippen LogP contribution in [-0.4, -0.2) is 34.2 Å². The molecule has 21 heavy (non-hydrogen) atoms. The number of alkyl halides is 2. The minimum Gasteiger partial charge on any atom is -0.392 e. The van der Waals surface area contributed by atoms with Crippen LogP contribution >= 0.6 is 0 Å². The molecule has 0 heterocycles. The van der Waals surface area contributed by atoms with Crippen molar-refractivity contribution in [2.75, 3.05) is 6.54 Å². The largest absolute Gasteiger partial charge is 0.392 e. The van der Waals surface area contributed by atoms with Gasteiger partial charge in [0.1, 0.15) is 5.60 Å². The van der Waals surface area contributed by atoms with Crippen LogP contribution in [0.4, 0.5) is 8.78 Å². The first-order valence-electron chi connectivity index (χ1n) is 6.96. The number of halogens is 2. The van der Waals surface area contributed by atoms with Gasteiger partial charge in [-0.3, -0.25) is 4.79 Å². The van der Waals surface area contributed by atoms with E-state index in [4.69, 9.17) is 5.11 Å². The smallest absolute Gasteiger partial charge is 0.352 e. The Labute approximate surface area is 121 Å². The van der Waals surface area contributed by atoms with E-state index in [-0.39, 0.29) is 26.0 Å². The first kappa shape index (κ1) is 15.9. The van der Waals surface area contributed by atoms with E-state index in [1.54, 1.807) is 24.3 Å². The van der Waals surface area contributed by atoms with Crippen molar-refractivity contribution in [3.05, 3.63) is 35.4 Å². The molecule has 1 saturated carbocycles. The second-order valence-corrected chi connectivity index (χ2v) is 5.44. The van der Waals surface area contributed by atoms with Crippen LogP contribution in [0.1, 0.15) is 30.4 Å². The van der Waals surface area contributed by atoms with Gasteiger partial charge in [0.2, 0.25) is 0 Å². The van der Waals surface area contributed by atoms with Gasteiger partial charge in [-0.25, -0.2) is 0 Å². The summed E-state index contributed by atoms with van der Waals surface area (Å²) in [5.74, 6) is -5.16. The Balaban J connectivity index is 1.83. The molecular weight excluding hydrogens is 280 g/mol. The lowest BCUT2D eigenvalue weighted by Gasteiger charge is -2.41.